The number of aliphatic hydroxyl groups excluding tert-OH is 1. The fraction of sp³-hybridized carbons (Fsp3) is 0.267. The predicted molar refractivity (Wildman–Crippen MR) is 78.7 cm³/mol. The van der Waals surface area contributed by atoms with E-state index in [0.717, 1.165) is 12.1 Å². The van der Waals surface area contributed by atoms with Gasteiger partial charge >= 0.3 is 0 Å². The van der Waals surface area contributed by atoms with Crippen LogP contribution in [0.5, 0.6) is 0 Å². The minimum absolute atomic E-state index is 0.265. The molecule has 0 saturated carbocycles. The third kappa shape index (κ3) is 3.46. The summed E-state index contributed by atoms with van der Waals surface area (Å²) in [5.41, 5.74) is 2.40. The predicted octanol–water partition coefficient (Wildman–Crippen LogP) is 0.974. The maximum atomic E-state index is 12.4. The summed E-state index contributed by atoms with van der Waals surface area (Å²) in [5, 5.41) is 15.9. The molecule has 2 N–H and O–H groups in total. The summed E-state index contributed by atoms with van der Waals surface area (Å²) in [6.45, 7) is 1.71. The number of pyridine rings is 1. The topological polar surface area (TPSA) is 80.0 Å². The van der Waals surface area contributed by atoms with Gasteiger partial charge in [-0.3, -0.25) is 14.5 Å². The van der Waals surface area contributed by atoms with Crippen LogP contribution in [0.2, 0.25) is 0 Å². The minimum atomic E-state index is -0.276. The Kier molecular flexibility index (Phi) is 4.69. The molecule has 2 heterocycles. The Morgan fingerprint density at radius 3 is 3.05 bits per heavy atom. The van der Waals surface area contributed by atoms with Crippen LogP contribution in [0.4, 0.5) is 5.69 Å². The Labute approximate surface area is 122 Å². The molecule has 0 atom stereocenters. The summed E-state index contributed by atoms with van der Waals surface area (Å²) in [6.07, 6.45) is 5.52. The maximum absolute atomic E-state index is 12.4. The second-order valence-corrected chi connectivity index (χ2v) is 4.35. The third-order valence-corrected chi connectivity index (χ3v) is 2.86. The van der Waals surface area contributed by atoms with Crippen LogP contribution >= 0.6 is 0 Å². The van der Waals surface area contributed by atoms with E-state index in [1.165, 1.54) is 12.4 Å². The molecule has 0 aliphatic carbocycles. The van der Waals surface area contributed by atoms with Crippen molar-refractivity contribution in [3.63, 3.8) is 0 Å². The van der Waals surface area contributed by atoms with E-state index >= 15 is 0 Å². The number of aliphatic hydroxyl groups is 1. The molecule has 0 spiro atoms. The van der Waals surface area contributed by atoms with Crippen molar-refractivity contribution >= 4 is 11.6 Å². The van der Waals surface area contributed by atoms with E-state index in [4.69, 9.17) is 5.11 Å². The van der Waals surface area contributed by atoms with Crippen LogP contribution in [0.25, 0.3) is 0 Å². The summed E-state index contributed by atoms with van der Waals surface area (Å²) in [5.74, 6) is 4.96. The van der Waals surface area contributed by atoms with Crippen molar-refractivity contribution < 1.29 is 9.90 Å². The van der Waals surface area contributed by atoms with Gasteiger partial charge in [-0.25, -0.2) is 0 Å². The molecule has 0 unspecified atom stereocenters. The number of aromatic nitrogens is 3. The van der Waals surface area contributed by atoms with Crippen molar-refractivity contribution in [2.24, 2.45) is 7.05 Å². The fourth-order valence-corrected chi connectivity index (χ4v) is 1.92. The number of anilines is 1. The van der Waals surface area contributed by atoms with Gasteiger partial charge in [0.2, 0.25) is 0 Å². The van der Waals surface area contributed by atoms with E-state index in [9.17, 15) is 4.79 Å². The van der Waals surface area contributed by atoms with Gasteiger partial charge in [-0.1, -0.05) is 18.8 Å². The van der Waals surface area contributed by atoms with Crippen molar-refractivity contribution in [3.05, 3.63) is 41.5 Å². The summed E-state index contributed by atoms with van der Waals surface area (Å²) in [4.78, 5) is 16.3. The Bertz CT molecular complexity index is 710. The lowest BCUT2D eigenvalue weighted by molar-refractivity contribution is 0.102. The summed E-state index contributed by atoms with van der Waals surface area (Å²) in [6, 6.07) is 1.60. The smallest absolute Gasteiger partial charge is 0.257 e. The molecule has 0 aliphatic heterocycles. The van der Waals surface area contributed by atoms with Gasteiger partial charge in [0.25, 0.3) is 5.91 Å². The Morgan fingerprint density at radius 1 is 1.52 bits per heavy atom. The SMILES string of the molecule is CCc1nn(C)cc1NC(=O)c1ccncc1C#CCO. The maximum Gasteiger partial charge on any atom is 0.257 e. The zero-order valence-corrected chi connectivity index (χ0v) is 11.9. The van der Waals surface area contributed by atoms with Gasteiger partial charge in [0, 0.05) is 25.6 Å². The van der Waals surface area contributed by atoms with Gasteiger partial charge < -0.3 is 10.4 Å². The normalized spacial score (nSPS) is 9.86. The van der Waals surface area contributed by atoms with Crippen LogP contribution in [0, 0.1) is 11.8 Å². The molecule has 0 bridgehead atoms. The number of hydrogen-bond donors (Lipinski definition) is 2. The molecule has 6 nitrogen and oxygen atoms in total. The molecule has 0 fully saturated rings. The number of nitrogens with one attached hydrogen (secondary N) is 1. The quantitative estimate of drug-likeness (QED) is 0.823. The highest BCUT2D eigenvalue weighted by atomic mass is 16.2. The molecule has 0 aliphatic rings. The highest BCUT2D eigenvalue weighted by molar-refractivity contribution is 6.06. The first-order valence-corrected chi connectivity index (χ1v) is 6.53. The molecule has 2 aromatic rings. The number of nitrogens with zero attached hydrogens (tertiary/aromatic N) is 3. The lowest BCUT2D eigenvalue weighted by Crippen LogP contribution is -2.14. The summed E-state index contributed by atoms with van der Waals surface area (Å²) in [7, 11) is 1.80. The number of aryl methyl sites for hydroxylation is 2. The average Bonchev–Trinajstić information content (AvgIpc) is 2.85. The first-order valence-electron chi connectivity index (χ1n) is 6.53. The molecule has 6 heteroatoms. The van der Waals surface area contributed by atoms with E-state index in [0.29, 0.717) is 16.8 Å². The monoisotopic (exact) mass is 284 g/mol. The lowest BCUT2D eigenvalue weighted by atomic mass is 10.1. The van der Waals surface area contributed by atoms with Gasteiger partial charge in [0.1, 0.15) is 6.61 Å². The van der Waals surface area contributed by atoms with E-state index in [2.05, 4.69) is 27.2 Å². The second-order valence-electron chi connectivity index (χ2n) is 4.35. The van der Waals surface area contributed by atoms with Crippen LogP contribution in [-0.4, -0.2) is 32.4 Å². The number of rotatable bonds is 3. The van der Waals surface area contributed by atoms with Crippen molar-refractivity contribution in [2.45, 2.75) is 13.3 Å². The van der Waals surface area contributed by atoms with E-state index in [1.807, 2.05) is 6.92 Å². The van der Waals surface area contributed by atoms with Crippen molar-refractivity contribution in [3.8, 4) is 11.8 Å². The van der Waals surface area contributed by atoms with Gasteiger partial charge in [0.05, 0.1) is 22.5 Å². The zero-order valence-electron chi connectivity index (χ0n) is 11.9. The highest BCUT2D eigenvalue weighted by Crippen LogP contribution is 2.16. The fourth-order valence-electron chi connectivity index (χ4n) is 1.92. The molecule has 21 heavy (non-hydrogen) atoms. The molecule has 0 radical (unpaired) electrons. The second kappa shape index (κ2) is 6.68. The zero-order chi connectivity index (χ0) is 15.2. The van der Waals surface area contributed by atoms with Crippen molar-refractivity contribution in [2.75, 3.05) is 11.9 Å². The molecule has 0 aromatic carbocycles. The summed E-state index contributed by atoms with van der Waals surface area (Å²) < 4.78 is 1.66. The molecule has 2 rings (SSSR count). The van der Waals surface area contributed by atoms with Gasteiger partial charge in [-0.2, -0.15) is 5.10 Å². The number of carbonyl (C=O) groups excluding carboxylic acids is 1. The Balaban J connectivity index is 2.28. The van der Waals surface area contributed by atoms with Crippen LogP contribution in [-0.2, 0) is 13.5 Å². The molecular formula is C15H16N4O2. The first kappa shape index (κ1) is 14.8. The largest absolute Gasteiger partial charge is 0.384 e. The van der Waals surface area contributed by atoms with E-state index in [1.54, 1.807) is 24.0 Å². The Hall–Kier alpha value is -2.65. The average molecular weight is 284 g/mol. The van der Waals surface area contributed by atoms with Gasteiger partial charge in [0.15, 0.2) is 0 Å². The number of amides is 1. The van der Waals surface area contributed by atoms with E-state index in [-0.39, 0.29) is 12.5 Å². The van der Waals surface area contributed by atoms with E-state index < -0.39 is 0 Å². The van der Waals surface area contributed by atoms with Crippen LogP contribution in [0.1, 0.15) is 28.5 Å². The minimum Gasteiger partial charge on any atom is -0.384 e. The first-order chi connectivity index (χ1) is 10.2. The van der Waals surface area contributed by atoms with Crippen molar-refractivity contribution in [1.82, 2.24) is 14.8 Å². The molecular weight excluding hydrogens is 268 g/mol. The third-order valence-electron chi connectivity index (χ3n) is 2.86. The highest BCUT2D eigenvalue weighted by Gasteiger charge is 2.14. The summed E-state index contributed by atoms with van der Waals surface area (Å²) >= 11 is 0. The Morgan fingerprint density at radius 2 is 2.33 bits per heavy atom. The molecule has 1 amide bonds. The number of hydrogen-bond acceptors (Lipinski definition) is 4. The van der Waals surface area contributed by atoms with Crippen LogP contribution in [0.15, 0.2) is 24.7 Å². The molecule has 2 aromatic heterocycles. The van der Waals surface area contributed by atoms with Crippen LogP contribution < -0.4 is 5.32 Å². The van der Waals surface area contributed by atoms with Crippen LogP contribution in [0.3, 0.4) is 0 Å². The molecule has 0 saturated heterocycles. The molecule has 108 valence electrons. The lowest BCUT2D eigenvalue weighted by Gasteiger charge is -2.06. The van der Waals surface area contributed by atoms with Crippen molar-refractivity contribution in [1.29, 1.82) is 0 Å². The standard InChI is InChI=1S/C15H16N4O2/c1-3-13-14(10-19(2)18-13)17-15(21)12-6-7-16-9-11(12)5-4-8-20/h6-7,9-10,20H,3,8H2,1-2H3,(H,17,21). The number of carbonyl (C=O) groups is 1. The van der Waals surface area contributed by atoms with Gasteiger partial charge in [-0.05, 0) is 12.5 Å². The van der Waals surface area contributed by atoms with Gasteiger partial charge in [-0.15, -0.1) is 0 Å².